The van der Waals surface area contributed by atoms with Crippen LogP contribution in [0.15, 0.2) is 0 Å². The van der Waals surface area contributed by atoms with Crippen LogP contribution in [-0.2, 0) is 4.74 Å². The van der Waals surface area contributed by atoms with Gasteiger partial charge < -0.3 is 15.0 Å². The summed E-state index contributed by atoms with van der Waals surface area (Å²) in [5.41, 5.74) is 0.502. The van der Waals surface area contributed by atoms with Crippen LogP contribution in [0.5, 0.6) is 0 Å². The number of hydrogen-bond acceptors (Lipinski definition) is 3. The van der Waals surface area contributed by atoms with Gasteiger partial charge in [0, 0.05) is 38.8 Å². The predicted octanol–water partition coefficient (Wildman–Crippen LogP) is 3.40. The van der Waals surface area contributed by atoms with Crippen molar-refractivity contribution in [2.45, 2.75) is 60.4 Å². The van der Waals surface area contributed by atoms with Gasteiger partial charge in [0.05, 0.1) is 6.61 Å². The average Bonchev–Trinajstić information content (AvgIpc) is 2.32. The third-order valence-corrected chi connectivity index (χ3v) is 3.74. The molecule has 0 aliphatic heterocycles. The first-order chi connectivity index (χ1) is 9.12. The summed E-state index contributed by atoms with van der Waals surface area (Å²) in [5.74, 6) is 0.698. The molecule has 0 bridgehead atoms. The molecule has 0 saturated heterocycles. The Morgan fingerprint density at radius 3 is 2.15 bits per heavy atom. The van der Waals surface area contributed by atoms with Crippen LogP contribution in [-0.4, -0.2) is 50.3 Å². The van der Waals surface area contributed by atoms with Gasteiger partial charge in [-0.1, -0.05) is 27.7 Å². The van der Waals surface area contributed by atoms with E-state index in [0.717, 1.165) is 32.8 Å². The molecule has 0 rings (SSSR count). The highest BCUT2D eigenvalue weighted by Gasteiger charge is 2.27. The molecule has 0 amide bonds. The first kappa shape index (κ1) is 19.9. The van der Waals surface area contributed by atoms with Crippen LogP contribution >= 0.6 is 0 Å². The van der Waals surface area contributed by atoms with Crippen molar-refractivity contribution in [2.24, 2.45) is 11.3 Å². The van der Waals surface area contributed by atoms with Gasteiger partial charge in [0.25, 0.3) is 0 Å². The highest BCUT2D eigenvalue weighted by atomic mass is 16.5. The number of nitrogens with zero attached hydrogens (tertiary/aromatic N) is 1. The molecule has 0 aromatic heterocycles. The lowest BCUT2D eigenvalue weighted by Crippen LogP contribution is -2.48. The van der Waals surface area contributed by atoms with Crippen molar-refractivity contribution in [1.29, 1.82) is 0 Å². The molecule has 122 valence electrons. The van der Waals surface area contributed by atoms with Crippen LogP contribution in [0.3, 0.4) is 0 Å². The molecule has 0 saturated carbocycles. The molecular weight excluding hydrogens is 248 g/mol. The van der Waals surface area contributed by atoms with Crippen molar-refractivity contribution >= 4 is 0 Å². The molecule has 1 N–H and O–H groups in total. The Bertz CT molecular complexity index is 248. The van der Waals surface area contributed by atoms with E-state index in [1.54, 1.807) is 7.11 Å². The minimum Gasteiger partial charge on any atom is -0.383 e. The predicted molar refractivity (Wildman–Crippen MR) is 89.3 cm³/mol. The summed E-state index contributed by atoms with van der Waals surface area (Å²) >= 11 is 0. The van der Waals surface area contributed by atoms with Crippen molar-refractivity contribution in [3.8, 4) is 0 Å². The quantitative estimate of drug-likeness (QED) is 0.666. The molecule has 20 heavy (non-hydrogen) atoms. The highest BCUT2D eigenvalue weighted by molar-refractivity contribution is 4.83. The lowest BCUT2D eigenvalue weighted by Gasteiger charge is -2.38. The third kappa shape index (κ3) is 9.73. The standard InChI is InChI=1S/C17H38N2O/c1-9-17(7,13-18-16(4,5)6)14-19(10-11-20-8)12-15(2)3/h15,18H,9-14H2,1-8H3. The van der Waals surface area contributed by atoms with E-state index in [1.165, 1.54) is 6.42 Å². The van der Waals surface area contributed by atoms with E-state index in [2.05, 4.69) is 58.7 Å². The van der Waals surface area contributed by atoms with Crippen molar-refractivity contribution in [3.05, 3.63) is 0 Å². The van der Waals surface area contributed by atoms with Gasteiger partial charge in [-0.3, -0.25) is 0 Å². The third-order valence-electron chi connectivity index (χ3n) is 3.74. The van der Waals surface area contributed by atoms with Gasteiger partial charge >= 0.3 is 0 Å². The average molecular weight is 287 g/mol. The number of ether oxygens (including phenoxy) is 1. The molecular formula is C17H38N2O. The number of hydrogen-bond donors (Lipinski definition) is 1. The lowest BCUT2D eigenvalue weighted by molar-refractivity contribution is 0.0969. The Morgan fingerprint density at radius 2 is 1.75 bits per heavy atom. The van der Waals surface area contributed by atoms with Crippen molar-refractivity contribution < 1.29 is 4.74 Å². The second-order valence-electron chi connectivity index (χ2n) is 7.89. The molecule has 0 aliphatic carbocycles. The lowest BCUT2D eigenvalue weighted by atomic mass is 9.85. The maximum Gasteiger partial charge on any atom is 0.0589 e. The molecule has 0 aromatic rings. The van der Waals surface area contributed by atoms with Crippen LogP contribution in [0.4, 0.5) is 0 Å². The largest absolute Gasteiger partial charge is 0.383 e. The Hall–Kier alpha value is -0.120. The van der Waals surface area contributed by atoms with E-state index in [1.807, 2.05) is 0 Å². The molecule has 0 fully saturated rings. The summed E-state index contributed by atoms with van der Waals surface area (Å²) < 4.78 is 5.26. The van der Waals surface area contributed by atoms with Gasteiger partial charge in [0.2, 0.25) is 0 Å². The highest BCUT2D eigenvalue weighted by Crippen LogP contribution is 2.23. The fourth-order valence-electron chi connectivity index (χ4n) is 2.28. The zero-order valence-electron chi connectivity index (χ0n) is 15.2. The normalized spacial score (nSPS) is 15.9. The van der Waals surface area contributed by atoms with Gasteiger partial charge in [-0.2, -0.15) is 0 Å². The minimum atomic E-state index is 0.186. The summed E-state index contributed by atoms with van der Waals surface area (Å²) in [5, 5.41) is 3.67. The fraction of sp³-hybridized carbons (Fsp3) is 1.00. The second-order valence-corrected chi connectivity index (χ2v) is 7.89. The minimum absolute atomic E-state index is 0.186. The molecule has 3 heteroatoms. The molecule has 0 aliphatic rings. The van der Waals surface area contributed by atoms with Crippen molar-refractivity contribution in [1.82, 2.24) is 10.2 Å². The van der Waals surface area contributed by atoms with Crippen molar-refractivity contribution in [2.75, 3.05) is 39.9 Å². The van der Waals surface area contributed by atoms with E-state index < -0.39 is 0 Å². The van der Waals surface area contributed by atoms with Crippen LogP contribution < -0.4 is 5.32 Å². The van der Waals surface area contributed by atoms with Crippen LogP contribution in [0, 0.1) is 11.3 Å². The molecule has 1 atom stereocenters. The topological polar surface area (TPSA) is 24.5 Å². The van der Waals surface area contributed by atoms with Crippen LogP contribution in [0.1, 0.15) is 54.9 Å². The Labute approximate surface area is 127 Å². The molecule has 0 radical (unpaired) electrons. The maximum atomic E-state index is 5.26. The van der Waals surface area contributed by atoms with Crippen LogP contribution in [0.25, 0.3) is 0 Å². The second kappa shape index (κ2) is 9.01. The molecule has 0 spiro atoms. The number of rotatable bonds is 10. The van der Waals surface area contributed by atoms with Gasteiger partial charge in [-0.15, -0.1) is 0 Å². The smallest absolute Gasteiger partial charge is 0.0589 e. The van der Waals surface area contributed by atoms with Gasteiger partial charge in [-0.25, -0.2) is 0 Å². The fourth-order valence-corrected chi connectivity index (χ4v) is 2.28. The van der Waals surface area contributed by atoms with Gasteiger partial charge in [-0.05, 0) is 38.5 Å². The van der Waals surface area contributed by atoms with Crippen molar-refractivity contribution in [3.63, 3.8) is 0 Å². The molecule has 0 heterocycles. The summed E-state index contributed by atoms with van der Waals surface area (Å²) in [6.45, 7) is 21.2. The zero-order chi connectivity index (χ0) is 15.8. The van der Waals surface area contributed by atoms with E-state index in [4.69, 9.17) is 4.74 Å². The summed E-state index contributed by atoms with van der Waals surface area (Å²) in [6, 6.07) is 0. The number of nitrogens with one attached hydrogen (secondary N) is 1. The molecule has 0 aromatic carbocycles. The Balaban J connectivity index is 4.57. The molecule has 3 nitrogen and oxygen atoms in total. The summed E-state index contributed by atoms with van der Waals surface area (Å²) in [7, 11) is 1.79. The monoisotopic (exact) mass is 286 g/mol. The van der Waals surface area contributed by atoms with E-state index in [-0.39, 0.29) is 5.54 Å². The first-order valence-corrected chi connectivity index (χ1v) is 8.08. The summed E-state index contributed by atoms with van der Waals surface area (Å²) in [6.07, 6.45) is 1.19. The van der Waals surface area contributed by atoms with E-state index in [9.17, 15) is 0 Å². The molecule has 1 unspecified atom stereocenters. The zero-order valence-corrected chi connectivity index (χ0v) is 15.2. The summed E-state index contributed by atoms with van der Waals surface area (Å²) in [4.78, 5) is 2.56. The Morgan fingerprint density at radius 1 is 1.15 bits per heavy atom. The Kier molecular flexibility index (Phi) is 8.96. The first-order valence-electron chi connectivity index (χ1n) is 8.08. The van der Waals surface area contributed by atoms with Gasteiger partial charge in [0.15, 0.2) is 0 Å². The maximum absolute atomic E-state index is 5.26. The van der Waals surface area contributed by atoms with Gasteiger partial charge in [0.1, 0.15) is 0 Å². The number of methoxy groups -OCH3 is 1. The van der Waals surface area contributed by atoms with Crippen LogP contribution in [0.2, 0.25) is 0 Å². The van der Waals surface area contributed by atoms with E-state index >= 15 is 0 Å². The SMILES string of the molecule is CCC(C)(CNC(C)(C)C)CN(CCOC)CC(C)C. The van der Waals surface area contributed by atoms with E-state index in [0.29, 0.717) is 11.3 Å².